The number of carboxylic acids is 1. The van der Waals surface area contributed by atoms with Gasteiger partial charge in [-0.05, 0) is 0 Å². The van der Waals surface area contributed by atoms with Gasteiger partial charge in [0.2, 0.25) is 5.91 Å². The lowest BCUT2D eigenvalue weighted by Gasteiger charge is -1.99. The first-order valence-corrected chi connectivity index (χ1v) is 5.92. The first kappa shape index (κ1) is 12.2. The van der Waals surface area contributed by atoms with Crippen molar-refractivity contribution in [3.8, 4) is 0 Å². The lowest BCUT2D eigenvalue weighted by molar-refractivity contribution is -0.114. The number of carboxylic acid groups (broad SMARTS) is 1. The van der Waals surface area contributed by atoms with Crippen molar-refractivity contribution in [1.29, 1.82) is 0 Å². The molecule has 0 atom stereocenters. The minimum absolute atomic E-state index is 0.319. The summed E-state index contributed by atoms with van der Waals surface area (Å²) in [5.74, 6) is -2.35. The molecular weight excluding hydrogens is 238 g/mol. The van der Waals surface area contributed by atoms with Crippen LogP contribution in [0.25, 0.3) is 0 Å². The predicted molar refractivity (Wildman–Crippen MR) is 53.0 cm³/mol. The molecule has 1 heterocycles. The zero-order valence-corrected chi connectivity index (χ0v) is 9.25. The van der Waals surface area contributed by atoms with Crippen LogP contribution in [0.3, 0.4) is 0 Å². The molecule has 1 aromatic rings. The average Bonchev–Trinajstić information content (AvgIpc) is 2.45. The van der Waals surface area contributed by atoms with Gasteiger partial charge in [-0.2, -0.15) is 5.10 Å². The molecule has 0 aromatic carbocycles. The van der Waals surface area contributed by atoms with Crippen molar-refractivity contribution in [2.75, 3.05) is 11.6 Å². The minimum atomic E-state index is -3.74. The standard InChI is InChI=1S/C7H9N3O5S/c1-3(11)8-5-4(7(12)13)6(10-9-5)16(2,14)15/h1-2H3,(H,12,13)(H2,8,9,10,11). The molecule has 88 valence electrons. The summed E-state index contributed by atoms with van der Waals surface area (Å²) in [6.45, 7) is 1.15. The van der Waals surface area contributed by atoms with E-state index in [9.17, 15) is 18.0 Å². The van der Waals surface area contributed by atoms with Crippen LogP contribution in [0.1, 0.15) is 17.3 Å². The number of aromatic nitrogens is 2. The Bertz CT molecular complexity index is 544. The molecule has 9 heteroatoms. The predicted octanol–water partition coefficient (Wildman–Crippen LogP) is -0.530. The van der Waals surface area contributed by atoms with Crippen LogP contribution in [0.2, 0.25) is 0 Å². The van der Waals surface area contributed by atoms with Crippen LogP contribution < -0.4 is 5.32 Å². The second-order valence-electron chi connectivity index (χ2n) is 3.03. The third-order valence-corrected chi connectivity index (χ3v) is 2.65. The number of amides is 1. The van der Waals surface area contributed by atoms with Gasteiger partial charge in [0.05, 0.1) is 0 Å². The molecule has 0 aliphatic rings. The molecule has 0 radical (unpaired) electrons. The molecular formula is C7H9N3O5S. The molecule has 8 nitrogen and oxygen atoms in total. The molecule has 1 amide bonds. The Kier molecular flexibility index (Phi) is 2.99. The van der Waals surface area contributed by atoms with Gasteiger partial charge < -0.3 is 10.4 Å². The molecule has 3 N–H and O–H groups in total. The largest absolute Gasteiger partial charge is 0.477 e. The van der Waals surface area contributed by atoms with E-state index in [2.05, 4.69) is 15.5 Å². The summed E-state index contributed by atoms with van der Waals surface area (Å²) < 4.78 is 22.4. The zero-order chi connectivity index (χ0) is 12.5. The summed E-state index contributed by atoms with van der Waals surface area (Å²) in [7, 11) is -3.74. The Balaban J connectivity index is 3.40. The number of carbonyl (C=O) groups excluding carboxylic acids is 1. The molecule has 0 unspecified atom stereocenters. The fraction of sp³-hybridized carbons (Fsp3) is 0.286. The third-order valence-electron chi connectivity index (χ3n) is 1.61. The van der Waals surface area contributed by atoms with E-state index in [4.69, 9.17) is 5.11 Å². The fourth-order valence-electron chi connectivity index (χ4n) is 1.05. The third kappa shape index (κ3) is 2.37. The highest BCUT2D eigenvalue weighted by Gasteiger charge is 2.26. The van der Waals surface area contributed by atoms with Crippen LogP contribution in [0.4, 0.5) is 5.82 Å². The maximum Gasteiger partial charge on any atom is 0.342 e. The normalized spacial score (nSPS) is 11.1. The number of aromatic amines is 1. The minimum Gasteiger partial charge on any atom is -0.477 e. The van der Waals surface area contributed by atoms with Gasteiger partial charge >= 0.3 is 5.97 Å². The van der Waals surface area contributed by atoms with Crippen molar-refractivity contribution in [3.63, 3.8) is 0 Å². The van der Waals surface area contributed by atoms with Crippen LogP contribution in [-0.4, -0.2) is 41.9 Å². The summed E-state index contributed by atoms with van der Waals surface area (Å²) in [5, 5.41) is 15.9. The smallest absolute Gasteiger partial charge is 0.342 e. The number of carbonyl (C=O) groups is 2. The lowest BCUT2D eigenvalue weighted by Crippen LogP contribution is -2.12. The van der Waals surface area contributed by atoms with Crippen molar-refractivity contribution in [2.24, 2.45) is 0 Å². The van der Waals surface area contributed by atoms with Gasteiger partial charge in [-0.1, -0.05) is 0 Å². The summed E-state index contributed by atoms with van der Waals surface area (Å²) in [6, 6.07) is 0. The van der Waals surface area contributed by atoms with Gasteiger partial charge in [0.15, 0.2) is 20.7 Å². The van der Waals surface area contributed by atoms with Crippen LogP contribution in [0.5, 0.6) is 0 Å². The summed E-state index contributed by atoms with van der Waals surface area (Å²) >= 11 is 0. The molecule has 0 aliphatic heterocycles. The molecule has 1 rings (SSSR count). The Morgan fingerprint density at radius 1 is 1.44 bits per heavy atom. The van der Waals surface area contributed by atoms with Crippen LogP contribution in [-0.2, 0) is 14.6 Å². The molecule has 0 spiro atoms. The van der Waals surface area contributed by atoms with E-state index in [0.29, 0.717) is 0 Å². The Morgan fingerprint density at radius 2 is 2.00 bits per heavy atom. The van der Waals surface area contributed by atoms with Crippen LogP contribution in [0, 0.1) is 0 Å². The number of nitrogens with one attached hydrogen (secondary N) is 2. The number of sulfone groups is 1. The van der Waals surface area contributed by atoms with E-state index >= 15 is 0 Å². The Hall–Kier alpha value is -1.90. The van der Waals surface area contributed by atoms with E-state index in [1.54, 1.807) is 0 Å². The first-order valence-electron chi connectivity index (χ1n) is 4.02. The van der Waals surface area contributed by atoms with E-state index < -0.39 is 32.3 Å². The second-order valence-corrected chi connectivity index (χ2v) is 4.99. The van der Waals surface area contributed by atoms with Gasteiger partial charge in [-0.25, -0.2) is 13.2 Å². The number of anilines is 1. The summed E-state index contributed by atoms with van der Waals surface area (Å²) in [4.78, 5) is 21.6. The number of hydrogen-bond acceptors (Lipinski definition) is 5. The highest BCUT2D eigenvalue weighted by molar-refractivity contribution is 7.90. The zero-order valence-electron chi connectivity index (χ0n) is 8.44. The monoisotopic (exact) mass is 247 g/mol. The second kappa shape index (κ2) is 3.93. The molecule has 0 bridgehead atoms. The molecule has 0 saturated carbocycles. The molecule has 1 aromatic heterocycles. The van der Waals surface area contributed by atoms with Crippen molar-refractivity contribution >= 4 is 27.5 Å². The number of rotatable bonds is 3. The van der Waals surface area contributed by atoms with Crippen molar-refractivity contribution < 1.29 is 23.1 Å². The van der Waals surface area contributed by atoms with Crippen molar-refractivity contribution in [1.82, 2.24) is 10.2 Å². The SMILES string of the molecule is CC(=O)Nc1n[nH]c(S(C)(=O)=O)c1C(=O)O. The van der Waals surface area contributed by atoms with Gasteiger partial charge in [0.1, 0.15) is 5.56 Å². The number of H-pyrrole nitrogens is 1. The van der Waals surface area contributed by atoms with E-state index in [1.807, 2.05) is 0 Å². The van der Waals surface area contributed by atoms with Crippen molar-refractivity contribution in [2.45, 2.75) is 11.9 Å². The van der Waals surface area contributed by atoms with E-state index in [0.717, 1.165) is 13.2 Å². The number of aromatic carboxylic acids is 1. The Labute approximate surface area is 90.6 Å². The van der Waals surface area contributed by atoms with Crippen molar-refractivity contribution in [3.05, 3.63) is 5.56 Å². The molecule has 16 heavy (non-hydrogen) atoms. The highest BCUT2D eigenvalue weighted by atomic mass is 32.2. The molecule has 0 aliphatic carbocycles. The number of hydrogen-bond donors (Lipinski definition) is 3. The lowest BCUT2D eigenvalue weighted by atomic mass is 10.3. The average molecular weight is 247 g/mol. The summed E-state index contributed by atoms with van der Waals surface area (Å²) in [5.41, 5.74) is -0.572. The maximum absolute atomic E-state index is 11.2. The molecule has 0 fully saturated rings. The topological polar surface area (TPSA) is 129 Å². The quantitative estimate of drug-likeness (QED) is 0.658. The van der Waals surface area contributed by atoms with Gasteiger partial charge in [-0.3, -0.25) is 9.89 Å². The summed E-state index contributed by atoms with van der Waals surface area (Å²) in [6.07, 6.45) is 0.838. The van der Waals surface area contributed by atoms with Gasteiger partial charge in [0, 0.05) is 13.2 Å². The number of nitrogens with zero attached hydrogens (tertiary/aromatic N) is 1. The molecule has 0 saturated heterocycles. The van der Waals surface area contributed by atoms with Crippen LogP contribution >= 0.6 is 0 Å². The maximum atomic E-state index is 11.2. The van der Waals surface area contributed by atoms with Gasteiger partial charge in [0.25, 0.3) is 0 Å². The fourth-order valence-corrected chi connectivity index (χ4v) is 1.82. The first-order chi connectivity index (χ1) is 7.23. The van der Waals surface area contributed by atoms with E-state index in [1.165, 1.54) is 0 Å². The van der Waals surface area contributed by atoms with E-state index in [-0.39, 0.29) is 5.82 Å². The highest BCUT2D eigenvalue weighted by Crippen LogP contribution is 2.20. The van der Waals surface area contributed by atoms with Crippen LogP contribution in [0.15, 0.2) is 5.03 Å². The Morgan fingerprint density at radius 3 is 2.38 bits per heavy atom. The van der Waals surface area contributed by atoms with Gasteiger partial charge in [-0.15, -0.1) is 0 Å².